The first-order valence-corrected chi connectivity index (χ1v) is 12.9. The van der Waals surface area contributed by atoms with Gasteiger partial charge in [-0.25, -0.2) is 8.42 Å². The molecule has 9 nitrogen and oxygen atoms in total. The van der Waals surface area contributed by atoms with Gasteiger partial charge in [-0.15, -0.1) is 10.2 Å². The maximum absolute atomic E-state index is 13.1. The summed E-state index contributed by atoms with van der Waals surface area (Å²) >= 11 is 1.27. The summed E-state index contributed by atoms with van der Waals surface area (Å²) in [4.78, 5) is 14.7. The van der Waals surface area contributed by atoms with E-state index in [9.17, 15) is 13.2 Å². The standard InChI is InChI=1S/C21H24N4O5S2/c1-24-20(15-5-3-6-17(11-15)29-2)22-23-21(24)31-13-19(26)25(12-18-7-4-9-30-18)16-8-10-32(27,28)14-16/h3-7,9,11,16H,8,10,12-14H2,1-2H3. The van der Waals surface area contributed by atoms with Crippen LogP contribution in [0.1, 0.15) is 12.2 Å². The van der Waals surface area contributed by atoms with Crippen molar-refractivity contribution in [3.05, 3.63) is 48.4 Å². The zero-order valence-corrected chi connectivity index (χ0v) is 19.4. The molecule has 3 aromatic rings. The predicted molar refractivity (Wildman–Crippen MR) is 120 cm³/mol. The van der Waals surface area contributed by atoms with Crippen LogP contribution in [0.4, 0.5) is 0 Å². The van der Waals surface area contributed by atoms with Gasteiger partial charge in [0.15, 0.2) is 20.8 Å². The van der Waals surface area contributed by atoms with Crippen molar-refractivity contribution in [1.29, 1.82) is 0 Å². The van der Waals surface area contributed by atoms with Gasteiger partial charge in [-0.1, -0.05) is 23.9 Å². The minimum absolute atomic E-state index is 0.0198. The number of methoxy groups -OCH3 is 1. The van der Waals surface area contributed by atoms with Gasteiger partial charge in [0, 0.05) is 18.7 Å². The molecular formula is C21H24N4O5S2. The summed E-state index contributed by atoms with van der Waals surface area (Å²) in [6, 6.07) is 10.7. The largest absolute Gasteiger partial charge is 0.497 e. The van der Waals surface area contributed by atoms with Gasteiger partial charge in [0.25, 0.3) is 0 Å². The fourth-order valence-corrected chi connectivity index (χ4v) is 6.20. The molecule has 0 aliphatic carbocycles. The Kier molecular flexibility index (Phi) is 6.56. The highest BCUT2D eigenvalue weighted by atomic mass is 32.2. The SMILES string of the molecule is COc1cccc(-c2nnc(SCC(=O)N(Cc3ccco3)C3CCS(=O)(=O)C3)n2C)c1. The third kappa shape index (κ3) is 4.99. The number of hydrogen-bond acceptors (Lipinski definition) is 8. The van der Waals surface area contributed by atoms with Crippen LogP contribution in [0.15, 0.2) is 52.2 Å². The Bertz CT molecular complexity index is 1190. The number of nitrogens with zero attached hydrogens (tertiary/aromatic N) is 4. The molecule has 0 spiro atoms. The lowest BCUT2D eigenvalue weighted by atomic mass is 10.2. The van der Waals surface area contributed by atoms with Crippen molar-refractivity contribution in [2.45, 2.75) is 24.2 Å². The number of sulfone groups is 1. The number of carbonyl (C=O) groups excluding carboxylic acids is 1. The van der Waals surface area contributed by atoms with E-state index in [1.54, 1.807) is 24.1 Å². The Labute approximate surface area is 190 Å². The van der Waals surface area contributed by atoms with Crippen LogP contribution in [0, 0.1) is 0 Å². The van der Waals surface area contributed by atoms with E-state index in [-0.39, 0.29) is 35.8 Å². The van der Waals surface area contributed by atoms with Crippen LogP contribution in [0.5, 0.6) is 5.75 Å². The summed E-state index contributed by atoms with van der Waals surface area (Å²) in [5.74, 6) is 2.02. The molecule has 32 heavy (non-hydrogen) atoms. The van der Waals surface area contributed by atoms with E-state index in [4.69, 9.17) is 9.15 Å². The number of ether oxygens (including phenoxy) is 1. The van der Waals surface area contributed by atoms with Crippen LogP contribution in [0.25, 0.3) is 11.4 Å². The number of hydrogen-bond donors (Lipinski definition) is 0. The average molecular weight is 477 g/mol. The van der Waals surface area contributed by atoms with Gasteiger partial charge in [-0.05, 0) is 30.7 Å². The van der Waals surface area contributed by atoms with E-state index < -0.39 is 9.84 Å². The number of carbonyl (C=O) groups is 1. The Morgan fingerprint density at radius 2 is 2.16 bits per heavy atom. The van der Waals surface area contributed by atoms with E-state index in [0.717, 1.165) is 11.3 Å². The first kappa shape index (κ1) is 22.4. The highest BCUT2D eigenvalue weighted by Crippen LogP contribution is 2.27. The van der Waals surface area contributed by atoms with Crippen LogP contribution in [0.3, 0.4) is 0 Å². The number of aromatic nitrogens is 3. The zero-order chi connectivity index (χ0) is 22.7. The second-order valence-corrected chi connectivity index (χ2v) is 10.7. The first-order chi connectivity index (χ1) is 15.4. The van der Waals surface area contributed by atoms with Gasteiger partial charge >= 0.3 is 0 Å². The highest BCUT2D eigenvalue weighted by molar-refractivity contribution is 7.99. The summed E-state index contributed by atoms with van der Waals surface area (Å²) in [5.41, 5.74) is 0.855. The van der Waals surface area contributed by atoms with Crippen LogP contribution in [-0.4, -0.2) is 64.4 Å². The second-order valence-electron chi connectivity index (χ2n) is 7.54. The van der Waals surface area contributed by atoms with Gasteiger partial charge in [0.2, 0.25) is 5.91 Å². The monoisotopic (exact) mass is 476 g/mol. The molecule has 170 valence electrons. The van der Waals surface area contributed by atoms with E-state index in [0.29, 0.717) is 23.2 Å². The zero-order valence-electron chi connectivity index (χ0n) is 17.8. The lowest BCUT2D eigenvalue weighted by Crippen LogP contribution is -2.41. The number of benzene rings is 1. The lowest BCUT2D eigenvalue weighted by molar-refractivity contribution is -0.131. The summed E-state index contributed by atoms with van der Waals surface area (Å²) < 4.78 is 36.4. The van der Waals surface area contributed by atoms with Crippen molar-refractivity contribution in [3.8, 4) is 17.1 Å². The van der Waals surface area contributed by atoms with Crippen LogP contribution >= 0.6 is 11.8 Å². The van der Waals surface area contributed by atoms with Gasteiger partial charge in [-0.2, -0.15) is 0 Å². The smallest absolute Gasteiger partial charge is 0.233 e. The minimum Gasteiger partial charge on any atom is -0.497 e. The van der Waals surface area contributed by atoms with E-state index in [1.165, 1.54) is 18.0 Å². The molecule has 1 atom stereocenters. The van der Waals surface area contributed by atoms with Gasteiger partial charge < -0.3 is 18.6 Å². The Morgan fingerprint density at radius 1 is 1.31 bits per heavy atom. The summed E-state index contributed by atoms with van der Waals surface area (Å²) in [5, 5.41) is 9.07. The van der Waals surface area contributed by atoms with Crippen molar-refractivity contribution < 1.29 is 22.4 Å². The molecule has 0 radical (unpaired) electrons. The van der Waals surface area contributed by atoms with Crippen LogP contribution in [-0.2, 0) is 28.2 Å². The Morgan fingerprint density at radius 3 is 2.84 bits per heavy atom. The average Bonchev–Trinajstić information content (AvgIpc) is 3.51. The van der Waals surface area contributed by atoms with Crippen LogP contribution < -0.4 is 4.74 Å². The van der Waals surface area contributed by atoms with E-state index in [1.807, 2.05) is 35.9 Å². The second kappa shape index (κ2) is 9.37. The Balaban J connectivity index is 1.47. The normalized spacial score (nSPS) is 17.4. The molecule has 11 heteroatoms. The summed E-state index contributed by atoms with van der Waals surface area (Å²) in [7, 11) is 0.315. The minimum atomic E-state index is -3.13. The lowest BCUT2D eigenvalue weighted by Gasteiger charge is -2.27. The highest BCUT2D eigenvalue weighted by Gasteiger charge is 2.35. The van der Waals surface area contributed by atoms with Gasteiger partial charge in [0.1, 0.15) is 11.5 Å². The molecule has 2 aromatic heterocycles. The quantitative estimate of drug-likeness (QED) is 0.456. The molecule has 1 amide bonds. The molecule has 0 bridgehead atoms. The summed E-state index contributed by atoms with van der Waals surface area (Å²) in [6.45, 7) is 0.237. The maximum Gasteiger partial charge on any atom is 0.233 e. The van der Waals surface area contributed by atoms with Crippen LogP contribution in [0.2, 0.25) is 0 Å². The molecule has 1 aliphatic heterocycles. The number of furan rings is 1. The fourth-order valence-electron chi connectivity index (χ4n) is 3.68. The Hall–Kier alpha value is -2.79. The molecule has 1 aromatic carbocycles. The molecule has 3 heterocycles. The third-order valence-corrected chi connectivity index (χ3v) is 8.12. The third-order valence-electron chi connectivity index (χ3n) is 5.36. The van der Waals surface area contributed by atoms with Crippen molar-refractivity contribution in [1.82, 2.24) is 19.7 Å². The first-order valence-electron chi connectivity index (χ1n) is 10.0. The molecule has 4 rings (SSSR count). The molecule has 1 unspecified atom stereocenters. The molecular weight excluding hydrogens is 452 g/mol. The molecule has 1 fully saturated rings. The van der Waals surface area contributed by atoms with Crippen molar-refractivity contribution in [2.24, 2.45) is 7.05 Å². The van der Waals surface area contributed by atoms with Crippen molar-refractivity contribution in [2.75, 3.05) is 24.4 Å². The van der Waals surface area contributed by atoms with Gasteiger partial charge in [0.05, 0.1) is 37.2 Å². The van der Waals surface area contributed by atoms with Crippen molar-refractivity contribution >= 4 is 27.5 Å². The summed E-state index contributed by atoms with van der Waals surface area (Å²) in [6.07, 6.45) is 1.97. The number of amides is 1. The molecule has 0 saturated carbocycles. The maximum atomic E-state index is 13.1. The van der Waals surface area contributed by atoms with E-state index in [2.05, 4.69) is 10.2 Å². The van der Waals surface area contributed by atoms with Gasteiger partial charge in [-0.3, -0.25) is 4.79 Å². The molecule has 0 N–H and O–H groups in total. The number of rotatable bonds is 8. The topological polar surface area (TPSA) is 108 Å². The fraction of sp³-hybridized carbons (Fsp3) is 0.381. The number of thioether (sulfide) groups is 1. The van der Waals surface area contributed by atoms with Crippen molar-refractivity contribution in [3.63, 3.8) is 0 Å². The molecule has 1 saturated heterocycles. The van der Waals surface area contributed by atoms with E-state index >= 15 is 0 Å². The predicted octanol–water partition coefficient (Wildman–Crippen LogP) is 2.39. The molecule has 1 aliphatic rings.